The minimum atomic E-state index is -1.62. The average molecular weight is 254 g/mol. The van der Waals surface area contributed by atoms with E-state index in [9.17, 15) is 9.18 Å². The van der Waals surface area contributed by atoms with Gasteiger partial charge in [-0.1, -0.05) is 0 Å². The smallest absolute Gasteiger partial charge is 0.307 e. The van der Waals surface area contributed by atoms with Crippen LogP contribution in [0.3, 0.4) is 0 Å². The molecule has 0 aliphatic carbocycles. The number of hydrogen-bond acceptors (Lipinski definition) is 3. The third kappa shape index (κ3) is 2.55. The van der Waals surface area contributed by atoms with E-state index in [-0.39, 0.29) is 6.42 Å². The summed E-state index contributed by atoms with van der Waals surface area (Å²) < 4.78 is 24.9. The second kappa shape index (κ2) is 4.48. The molecule has 1 N–H and O–H groups in total. The summed E-state index contributed by atoms with van der Waals surface area (Å²) in [4.78, 5) is 10.8. The molecule has 0 saturated carbocycles. The van der Waals surface area contributed by atoms with E-state index >= 15 is 0 Å². The van der Waals surface area contributed by atoms with Gasteiger partial charge in [-0.2, -0.15) is 0 Å². The number of carboxylic acid groups (broad SMARTS) is 1. The lowest BCUT2D eigenvalue weighted by Crippen LogP contribution is -2.19. The van der Waals surface area contributed by atoms with Gasteiger partial charge in [-0.05, 0) is 37.1 Å². The Morgan fingerprint density at radius 2 is 1.89 bits per heavy atom. The van der Waals surface area contributed by atoms with Gasteiger partial charge in [-0.25, -0.2) is 4.39 Å². The van der Waals surface area contributed by atoms with Crippen molar-refractivity contribution in [1.29, 1.82) is 0 Å². The highest BCUT2D eigenvalue weighted by Gasteiger charge is 2.27. The van der Waals surface area contributed by atoms with Crippen molar-refractivity contribution < 1.29 is 23.8 Å². The summed E-state index contributed by atoms with van der Waals surface area (Å²) in [5.41, 5.74) is -0.880. The summed E-state index contributed by atoms with van der Waals surface area (Å²) >= 11 is 0. The lowest BCUT2D eigenvalue weighted by Gasteiger charge is -2.24. The van der Waals surface area contributed by atoms with Crippen LogP contribution in [0.4, 0.5) is 4.39 Å². The van der Waals surface area contributed by atoms with Gasteiger partial charge < -0.3 is 14.6 Å². The number of carboxylic acids is 1. The van der Waals surface area contributed by atoms with Crippen molar-refractivity contribution in [1.82, 2.24) is 0 Å². The fourth-order valence-corrected chi connectivity index (χ4v) is 1.99. The zero-order valence-corrected chi connectivity index (χ0v) is 10.3. The normalized spacial score (nSPS) is 14.4. The fraction of sp³-hybridized carbons (Fsp3) is 0.462. The summed E-state index contributed by atoms with van der Waals surface area (Å²) in [6.07, 6.45) is -0.237. The minimum Gasteiger partial charge on any atom is -0.486 e. The zero-order valence-electron chi connectivity index (χ0n) is 10.3. The SMILES string of the molecule is CC(C)(F)c1cc2c(cc1CC(=O)O)OCCO2. The molecule has 1 aliphatic heterocycles. The number of aliphatic carboxylic acids is 1. The molecule has 0 amide bonds. The molecule has 0 aromatic heterocycles. The van der Waals surface area contributed by atoms with Crippen molar-refractivity contribution in [3.8, 4) is 11.5 Å². The number of halogens is 1. The summed E-state index contributed by atoms with van der Waals surface area (Å²) in [5, 5.41) is 8.87. The third-order valence-corrected chi connectivity index (χ3v) is 2.75. The molecule has 1 aromatic carbocycles. The van der Waals surface area contributed by atoms with E-state index in [1.54, 1.807) is 6.07 Å². The van der Waals surface area contributed by atoms with Gasteiger partial charge in [0.25, 0.3) is 0 Å². The molecule has 5 heteroatoms. The predicted molar refractivity (Wildman–Crippen MR) is 62.9 cm³/mol. The molecule has 0 unspecified atom stereocenters. The first-order valence-electron chi connectivity index (χ1n) is 5.71. The summed E-state index contributed by atoms with van der Waals surface area (Å²) in [5.74, 6) is -0.0567. The maximum atomic E-state index is 14.1. The van der Waals surface area contributed by atoms with Crippen molar-refractivity contribution >= 4 is 5.97 Å². The average Bonchev–Trinajstić information content (AvgIpc) is 2.26. The van der Waals surface area contributed by atoms with Gasteiger partial charge in [0.15, 0.2) is 11.5 Å². The molecule has 0 saturated heterocycles. The highest BCUT2D eigenvalue weighted by atomic mass is 19.1. The van der Waals surface area contributed by atoms with E-state index < -0.39 is 11.6 Å². The van der Waals surface area contributed by atoms with E-state index in [1.165, 1.54) is 19.9 Å². The van der Waals surface area contributed by atoms with E-state index in [4.69, 9.17) is 14.6 Å². The first-order valence-corrected chi connectivity index (χ1v) is 5.71. The quantitative estimate of drug-likeness (QED) is 0.899. The summed E-state index contributed by atoms with van der Waals surface area (Å²) in [6.45, 7) is 3.61. The van der Waals surface area contributed by atoms with Crippen molar-refractivity contribution in [3.05, 3.63) is 23.3 Å². The third-order valence-electron chi connectivity index (χ3n) is 2.75. The van der Waals surface area contributed by atoms with Crippen LogP contribution in [0.1, 0.15) is 25.0 Å². The van der Waals surface area contributed by atoms with Crippen molar-refractivity contribution in [2.24, 2.45) is 0 Å². The molecular weight excluding hydrogens is 239 g/mol. The van der Waals surface area contributed by atoms with E-state index in [0.717, 1.165) is 0 Å². The highest BCUT2D eigenvalue weighted by Crippen LogP contribution is 2.38. The number of rotatable bonds is 3. The Hall–Kier alpha value is -1.78. The first-order chi connectivity index (χ1) is 8.38. The highest BCUT2D eigenvalue weighted by molar-refractivity contribution is 5.71. The van der Waals surface area contributed by atoms with Crippen LogP contribution < -0.4 is 9.47 Å². The Morgan fingerprint density at radius 1 is 1.33 bits per heavy atom. The summed E-state index contributed by atoms with van der Waals surface area (Å²) in [7, 11) is 0. The molecule has 18 heavy (non-hydrogen) atoms. The van der Waals surface area contributed by atoms with E-state index in [1.807, 2.05) is 0 Å². The Bertz CT molecular complexity index is 477. The summed E-state index contributed by atoms with van der Waals surface area (Å²) in [6, 6.07) is 3.09. The molecule has 0 fully saturated rings. The number of benzene rings is 1. The Labute approximate surface area is 104 Å². The molecule has 1 aliphatic rings. The lowest BCUT2D eigenvalue weighted by molar-refractivity contribution is -0.136. The predicted octanol–water partition coefficient (Wildman–Crippen LogP) is 2.29. The van der Waals surface area contributed by atoms with Crippen LogP contribution in [0, 0.1) is 0 Å². The van der Waals surface area contributed by atoms with Gasteiger partial charge >= 0.3 is 5.97 Å². The molecule has 0 radical (unpaired) electrons. The van der Waals surface area contributed by atoms with Crippen LogP contribution in [0.5, 0.6) is 11.5 Å². The molecule has 1 aromatic rings. The van der Waals surface area contributed by atoms with E-state index in [0.29, 0.717) is 35.8 Å². The molecule has 1 heterocycles. The molecule has 0 bridgehead atoms. The number of alkyl halides is 1. The van der Waals surface area contributed by atoms with E-state index in [2.05, 4.69) is 0 Å². The van der Waals surface area contributed by atoms with Crippen molar-refractivity contribution in [2.45, 2.75) is 25.9 Å². The zero-order chi connectivity index (χ0) is 13.3. The topological polar surface area (TPSA) is 55.8 Å². The van der Waals surface area contributed by atoms with Crippen LogP contribution in [-0.2, 0) is 16.9 Å². The Morgan fingerprint density at radius 3 is 2.39 bits per heavy atom. The molecule has 2 rings (SSSR count). The van der Waals surface area contributed by atoms with Gasteiger partial charge in [-0.3, -0.25) is 4.79 Å². The minimum absolute atomic E-state index is 0.237. The van der Waals surface area contributed by atoms with Crippen molar-refractivity contribution in [3.63, 3.8) is 0 Å². The fourth-order valence-electron chi connectivity index (χ4n) is 1.99. The van der Waals surface area contributed by atoms with Gasteiger partial charge in [-0.15, -0.1) is 0 Å². The molecule has 0 spiro atoms. The first kappa shape index (κ1) is 12.7. The van der Waals surface area contributed by atoms with Gasteiger partial charge in [0.05, 0.1) is 6.42 Å². The second-order valence-electron chi connectivity index (χ2n) is 4.70. The van der Waals surface area contributed by atoms with Crippen molar-refractivity contribution in [2.75, 3.05) is 13.2 Å². The Balaban J connectivity index is 2.51. The monoisotopic (exact) mass is 254 g/mol. The van der Waals surface area contributed by atoms with Crippen LogP contribution in [0.15, 0.2) is 12.1 Å². The van der Waals surface area contributed by atoms with Crippen LogP contribution in [-0.4, -0.2) is 24.3 Å². The van der Waals surface area contributed by atoms with Gasteiger partial charge in [0.2, 0.25) is 0 Å². The molecule has 4 nitrogen and oxygen atoms in total. The maximum Gasteiger partial charge on any atom is 0.307 e. The number of ether oxygens (including phenoxy) is 2. The van der Waals surface area contributed by atoms with Crippen LogP contribution in [0.25, 0.3) is 0 Å². The standard InChI is InChI=1S/C13H15FO4/c1-13(2,14)9-7-11-10(17-3-4-18-11)5-8(9)6-12(15)16/h5,7H,3-4,6H2,1-2H3,(H,15,16). The maximum absolute atomic E-state index is 14.1. The lowest BCUT2D eigenvalue weighted by atomic mass is 9.92. The molecular formula is C13H15FO4. The molecule has 98 valence electrons. The van der Waals surface area contributed by atoms with Gasteiger partial charge in [0, 0.05) is 0 Å². The second-order valence-corrected chi connectivity index (χ2v) is 4.70. The number of carbonyl (C=O) groups is 1. The van der Waals surface area contributed by atoms with Crippen LogP contribution >= 0.6 is 0 Å². The largest absolute Gasteiger partial charge is 0.486 e. The van der Waals surface area contributed by atoms with Gasteiger partial charge in [0.1, 0.15) is 18.9 Å². The van der Waals surface area contributed by atoms with Crippen LogP contribution in [0.2, 0.25) is 0 Å². The Kier molecular flexibility index (Phi) is 3.15. The number of fused-ring (bicyclic) bond motifs is 1. The number of hydrogen-bond donors (Lipinski definition) is 1. The molecule has 0 atom stereocenters.